The van der Waals surface area contributed by atoms with Crippen molar-refractivity contribution < 1.29 is 27.5 Å². The van der Waals surface area contributed by atoms with Crippen molar-refractivity contribution in [3.8, 4) is 0 Å². The fraction of sp³-hybridized carbons (Fsp3) is 0.320. The van der Waals surface area contributed by atoms with Gasteiger partial charge in [0.15, 0.2) is 6.10 Å². The number of hydrogen-bond acceptors (Lipinski definition) is 6. The van der Waals surface area contributed by atoms with Gasteiger partial charge in [-0.25, -0.2) is 8.42 Å². The summed E-state index contributed by atoms with van der Waals surface area (Å²) in [6, 6.07) is 15.4. The maximum Gasteiger partial charge on any atom is 0.309 e. The molecule has 2 aromatic rings. The molecule has 1 atom stereocenters. The van der Waals surface area contributed by atoms with Crippen LogP contribution in [0.5, 0.6) is 0 Å². The first-order valence-corrected chi connectivity index (χ1v) is 12.9. The van der Waals surface area contributed by atoms with Gasteiger partial charge in [0.2, 0.25) is 21.7 Å². The minimum absolute atomic E-state index is 0.104. The molecule has 0 aliphatic carbocycles. The molecule has 1 aliphatic heterocycles. The fourth-order valence-corrected chi connectivity index (χ4v) is 4.21. The molecule has 1 fully saturated rings. The average Bonchev–Trinajstić information content (AvgIpc) is 2.82. The number of carbonyl (C=O) groups is 3. The van der Waals surface area contributed by atoms with Gasteiger partial charge in [-0.2, -0.15) is 0 Å². The van der Waals surface area contributed by atoms with Gasteiger partial charge < -0.3 is 9.64 Å². The number of anilines is 1. The largest absolute Gasteiger partial charge is 0.454 e. The molecular formula is C25H28N2O6S. The first-order chi connectivity index (χ1) is 16.1. The lowest BCUT2D eigenvalue weighted by atomic mass is 9.96. The van der Waals surface area contributed by atoms with E-state index in [9.17, 15) is 22.8 Å². The van der Waals surface area contributed by atoms with Crippen LogP contribution >= 0.6 is 0 Å². The maximum atomic E-state index is 12.6. The van der Waals surface area contributed by atoms with Gasteiger partial charge in [0.25, 0.3) is 0 Å². The number of ether oxygens (including phenoxy) is 1. The number of benzene rings is 2. The summed E-state index contributed by atoms with van der Waals surface area (Å²) in [4.78, 5) is 39.3. The monoisotopic (exact) mass is 484 g/mol. The van der Waals surface area contributed by atoms with Crippen molar-refractivity contribution >= 4 is 39.4 Å². The Labute approximate surface area is 199 Å². The van der Waals surface area contributed by atoms with E-state index in [2.05, 4.69) is 4.72 Å². The summed E-state index contributed by atoms with van der Waals surface area (Å²) in [5.74, 6) is -1.31. The highest BCUT2D eigenvalue weighted by Gasteiger charge is 2.30. The van der Waals surface area contributed by atoms with E-state index in [4.69, 9.17) is 4.74 Å². The van der Waals surface area contributed by atoms with E-state index in [0.29, 0.717) is 37.2 Å². The van der Waals surface area contributed by atoms with Crippen molar-refractivity contribution in [3.05, 3.63) is 71.8 Å². The van der Waals surface area contributed by atoms with Gasteiger partial charge in [-0.15, -0.1) is 0 Å². The maximum absolute atomic E-state index is 12.6. The van der Waals surface area contributed by atoms with Gasteiger partial charge in [-0.3, -0.25) is 19.1 Å². The summed E-state index contributed by atoms with van der Waals surface area (Å²) >= 11 is 0. The van der Waals surface area contributed by atoms with Crippen LogP contribution in [0.15, 0.2) is 60.7 Å². The van der Waals surface area contributed by atoms with E-state index < -0.39 is 22.1 Å². The van der Waals surface area contributed by atoms with Gasteiger partial charge in [0.05, 0.1) is 12.2 Å². The Balaban J connectivity index is 1.48. The molecule has 1 saturated heterocycles. The minimum atomic E-state index is -3.41. The third-order valence-electron chi connectivity index (χ3n) is 5.49. The second-order valence-corrected chi connectivity index (χ2v) is 9.99. The van der Waals surface area contributed by atoms with E-state index in [1.165, 1.54) is 37.3 Å². The SMILES string of the molecule is CC(OC(=O)C1CCN(C(=O)C=Cc2ccccc2)CC1)C(=O)c1ccc(NS(C)(=O)=O)cc1. The molecule has 0 aromatic heterocycles. The van der Waals surface area contributed by atoms with E-state index in [-0.39, 0.29) is 17.6 Å². The summed E-state index contributed by atoms with van der Waals surface area (Å²) in [5.41, 5.74) is 1.59. The number of carbonyl (C=O) groups excluding carboxylic acids is 3. The highest BCUT2D eigenvalue weighted by atomic mass is 32.2. The van der Waals surface area contributed by atoms with E-state index in [0.717, 1.165) is 11.8 Å². The van der Waals surface area contributed by atoms with Crippen LogP contribution in [-0.2, 0) is 24.3 Å². The Morgan fingerprint density at radius 3 is 2.24 bits per heavy atom. The summed E-state index contributed by atoms with van der Waals surface area (Å²) in [6.07, 6.45) is 4.29. The Kier molecular flexibility index (Phi) is 8.22. The highest BCUT2D eigenvalue weighted by Crippen LogP contribution is 2.21. The van der Waals surface area contributed by atoms with Gasteiger partial charge in [0.1, 0.15) is 0 Å². The Morgan fingerprint density at radius 1 is 1.03 bits per heavy atom. The zero-order chi connectivity index (χ0) is 24.7. The number of ketones is 1. The molecule has 1 aliphatic rings. The summed E-state index contributed by atoms with van der Waals surface area (Å²) in [6.45, 7) is 2.39. The molecule has 1 amide bonds. The topological polar surface area (TPSA) is 110 Å². The molecule has 2 aromatic carbocycles. The molecule has 8 nitrogen and oxygen atoms in total. The predicted octanol–water partition coefficient (Wildman–Crippen LogP) is 3.12. The molecule has 180 valence electrons. The number of rotatable bonds is 8. The second-order valence-electron chi connectivity index (χ2n) is 8.24. The first kappa shape index (κ1) is 25.2. The summed E-state index contributed by atoms with van der Waals surface area (Å²) < 4.78 is 30.3. The molecule has 0 radical (unpaired) electrons. The van der Waals surface area contributed by atoms with Crippen molar-refractivity contribution in [2.75, 3.05) is 24.1 Å². The quantitative estimate of drug-likeness (QED) is 0.350. The number of piperidine rings is 1. The normalized spacial score (nSPS) is 15.6. The van der Waals surface area contributed by atoms with Crippen molar-refractivity contribution in [2.24, 2.45) is 5.92 Å². The molecule has 1 heterocycles. The molecule has 0 spiro atoms. The molecule has 3 rings (SSSR count). The van der Waals surface area contributed by atoms with Crippen LogP contribution in [0.4, 0.5) is 5.69 Å². The number of amides is 1. The van der Waals surface area contributed by atoms with Gasteiger partial charge in [-0.05, 0) is 55.7 Å². The highest BCUT2D eigenvalue weighted by molar-refractivity contribution is 7.92. The zero-order valence-electron chi connectivity index (χ0n) is 19.1. The van der Waals surface area contributed by atoms with Gasteiger partial charge >= 0.3 is 5.97 Å². The Hall–Kier alpha value is -3.46. The zero-order valence-corrected chi connectivity index (χ0v) is 20.0. The van der Waals surface area contributed by atoms with Crippen LogP contribution in [0.25, 0.3) is 6.08 Å². The Bertz CT molecular complexity index is 1150. The van der Waals surface area contributed by atoms with Crippen LogP contribution < -0.4 is 4.72 Å². The van der Waals surface area contributed by atoms with Crippen LogP contribution in [0, 0.1) is 5.92 Å². The van der Waals surface area contributed by atoms with Crippen molar-refractivity contribution in [1.29, 1.82) is 0 Å². The molecule has 0 saturated carbocycles. The van der Waals surface area contributed by atoms with Crippen molar-refractivity contribution in [2.45, 2.75) is 25.9 Å². The molecular weight excluding hydrogens is 456 g/mol. The number of hydrogen-bond donors (Lipinski definition) is 1. The van der Waals surface area contributed by atoms with Crippen molar-refractivity contribution in [1.82, 2.24) is 4.90 Å². The number of sulfonamides is 1. The second kappa shape index (κ2) is 11.1. The standard InChI is InChI=1S/C25H28N2O6S/c1-18(24(29)20-9-11-22(12-10-20)26-34(2,31)32)33-25(30)21-14-16-27(17-15-21)23(28)13-8-19-6-4-3-5-7-19/h3-13,18,21,26H,14-17H2,1-2H3. The molecule has 9 heteroatoms. The van der Waals surface area contributed by atoms with E-state index in [1.807, 2.05) is 30.3 Å². The predicted molar refractivity (Wildman–Crippen MR) is 130 cm³/mol. The molecule has 0 bridgehead atoms. The third-order valence-corrected chi connectivity index (χ3v) is 6.10. The summed E-state index contributed by atoms with van der Waals surface area (Å²) in [7, 11) is -3.41. The third kappa shape index (κ3) is 7.28. The lowest BCUT2D eigenvalue weighted by Gasteiger charge is -2.30. The van der Waals surface area contributed by atoms with Crippen LogP contribution in [0.1, 0.15) is 35.7 Å². The smallest absolute Gasteiger partial charge is 0.309 e. The number of esters is 1. The van der Waals surface area contributed by atoms with E-state index >= 15 is 0 Å². The number of nitrogens with one attached hydrogen (secondary N) is 1. The lowest BCUT2D eigenvalue weighted by Crippen LogP contribution is -2.40. The molecule has 1 N–H and O–H groups in total. The van der Waals surface area contributed by atoms with E-state index in [1.54, 1.807) is 11.0 Å². The van der Waals surface area contributed by atoms with Gasteiger partial charge in [-0.1, -0.05) is 30.3 Å². The molecule has 34 heavy (non-hydrogen) atoms. The van der Waals surface area contributed by atoms with Crippen LogP contribution in [0.2, 0.25) is 0 Å². The summed E-state index contributed by atoms with van der Waals surface area (Å²) in [5, 5.41) is 0. The number of nitrogens with zero attached hydrogens (tertiary/aromatic N) is 1. The number of Topliss-reactive ketones (excluding diaryl/α,β-unsaturated/α-hetero) is 1. The van der Waals surface area contributed by atoms with Crippen LogP contribution in [-0.4, -0.2) is 56.4 Å². The molecule has 1 unspecified atom stereocenters. The minimum Gasteiger partial charge on any atom is -0.454 e. The van der Waals surface area contributed by atoms with Gasteiger partial charge in [0, 0.05) is 30.4 Å². The lowest BCUT2D eigenvalue weighted by molar-refractivity contribution is -0.153. The first-order valence-electron chi connectivity index (χ1n) is 11.0. The Morgan fingerprint density at radius 2 is 1.65 bits per heavy atom. The van der Waals surface area contributed by atoms with Crippen LogP contribution in [0.3, 0.4) is 0 Å². The number of likely N-dealkylation sites (tertiary alicyclic amines) is 1. The fourth-order valence-electron chi connectivity index (χ4n) is 3.65. The van der Waals surface area contributed by atoms with Crippen molar-refractivity contribution in [3.63, 3.8) is 0 Å². The average molecular weight is 485 g/mol.